The predicted molar refractivity (Wildman–Crippen MR) is 138 cm³/mol. The summed E-state index contributed by atoms with van der Waals surface area (Å²) in [4.78, 5) is 0.380. The van der Waals surface area contributed by atoms with Gasteiger partial charge in [0.15, 0.2) is 0 Å². The van der Waals surface area contributed by atoms with E-state index in [2.05, 4.69) is 50.4 Å². The van der Waals surface area contributed by atoms with Crippen molar-refractivity contribution in [2.45, 2.75) is 50.5 Å². The molecule has 0 radical (unpaired) electrons. The Morgan fingerprint density at radius 2 is 1.74 bits per heavy atom. The third-order valence-corrected chi connectivity index (χ3v) is 9.63. The summed E-state index contributed by atoms with van der Waals surface area (Å²) < 4.78 is 28.9. The lowest BCUT2D eigenvalue weighted by atomic mass is 9.75. The SMILES string of the molecule is Cc1cc(C)c(C2Nc3ccc(S(=O)(=O)N4CCc5ccccc54)cc3C3C=CCC32)c(C)c1. The third-order valence-electron chi connectivity index (χ3n) is 7.82. The molecule has 0 bridgehead atoms. The van der Waals surface area contributed by atoms with Crippen LogP contribution in [0.25, 0.3) is 0 Å². The number of para-hydroxylation sites is 1. The number of benzene rings is 3. The van der Waals surface area contributed by atoms with E-state index in [1.54, 1.807) is 10.4 Å². The highest BCUT2D eigenvalue weighted by Gasteiger charge is 2.40. The minimum atomic E-state index is -3.62. The lowest BCUT2D eigenvalue weighted by Gasteiger charge is -2.39. The van der Waals surface area contributed by atoms with Crippen molar-refractivity contribution in [2.24, 2.45) is 5.92 Å². The van der Waals surface area contributed by atoms with Crippen LogP contribution in [0.15, 0.2) is 71.6 Å². The molecule has 3 aromatic carbocycles. The van der Waals surface area contributed by atoms with Crippen LogP contribution in [0.5, 0.6) is 0 Å². The highest BCUT2D eigenvalue weighted by atomic mass is 32.2. The summed E-state index contributed by atoms with van der Waals surface area (Å²) in [5, 5.41) is 3.80. The molecule has 0 fully saturated rings. The molecule has 3 unspecified atom stereocenters. The van der Waals surface area contributed by atoms with Crippen LogP contribution in [0.3, 0.4) is 0 Å². The molecule has 174 valence electrons. The average Bonchev–Trinajstić information content (AvgIpc) is 3.46. The molecule has 1 N–H and O–H groups in total. The maximum Gasteiger partial charge on any atom is 0.264 e. The Balaban J connectivity index is 1.40. The Bertz CT molecular complexity index is 1420. The molecular formula is C29H30N2O2S. The Hall–Kier alpha value is -3.05. The van der Waals surface area contributed by atoms with Gasteiger partial charge in [0.2, 0.25) is 0 Å². The topological polar surface area (TPSA) is 49.4 Å². The zero-order valence-corrected chi connectivity index (χ0v) is 20.7. The number of hydrogen-bond donors (Lipinski definition) is 1. The monoisotopic (exact) mass is 470 g/mol. The first-order valence-corrected chi connectivity index (χ1v) is 13.5. The van der Waals surface area contributed by atoms with Crippen LogP contribution < -0.4 is 9.62 Å². The zero-order valence-electron chi connectivity index (χ0n) is 19.9. The van der Waals surface area contributed by atoms with Gasteiger partial charge in [0.05, 0.1) is 16.6 Å². The van der Waals surface area contributed by atoms with Gasteiger partial charge in [-0.1, -0.05) is 48.0 Å². The van der Waals surface area contributed by atoms with E-state index in [-0.39, 0.29) is 12.0 Å². The second-order valence-corrected chi connectivity index (χ2v) is 11.9. The van der Waals surface area contributed by atoms with Crippen LogP contribution in [0.1, 0.15) is 51.8 Å². The molecule has 0 aromatic heterocycles. The maximum atomic E-state index is 13.7. The van der Waals surface area contributed by atoms with Crippen molar-refractivity contribution in [2.75, 3.05) is 16.2 Å². The predicted octanol–water partition coefficient (Wildman–Crippen LogP) is 6.19. The number of aryl methyl sites for hydroxylation is 3. The minimum absolute atomic E-state index is 0.209. The molecule has 2 heterocycles. The van der Waals surface area contributed by atoms with E-state index in [4.69, 9.17) is 0 Å². The van der Waals surface area contributed by atoms with E-state index in [0.717, 1.165) is 35.3 Å². The summed E-state index contributed by atoms with van der Waals surface area (Å²) in [6, 6.07) is 18.2. The first-order chi connectivity index (χ1) is 16.3. The fraction of sp³-hybridized carbons (Fsp3) is 0.310. The van der Waals surface area contributed by atoms with Gasteiger partial charge >= 0.3 is 0 Å². The molecule has 2 aliphatic heterocycles. The van der Waals surface area contributed by atoms with Crippen molar-refractivity contribution in [1.29, 1.82) is 0 Å². The molecule has 3 aliphatic rings. The van der Waals surface area contributed by atoms with Crippen molar-refractivity contribution in [3.63, 3.8) is 0 Å². The van der Waals surface area contributed by atoms with Gasteiger partial charge in [-0.25, -0.2) is 8.42 Å². The van der Waals surface area contributed by atoms with E-state index < -0.39 is 10.0 Å². The van der Waals surface area contributed by atoms with Crippen molar-refractivity contribution >= 4 is 21.4 Å². The van der Waals surface area contributed by atoms with E-state index in [0.29, 0.717) is 17.4 Å². The molecule has 34 heavy (non-hydrogen) atoms. The molecule has 5 heteroatoms. The van der Waals surface area contributed by atoms with Crippen LogP contribution in [0, 0.1) is 26.7 Å². The van der Waals surface area contributed by atoms with Gasteiger partial charge < -0.3 is 5.32 Å². The lowest BCUT2D eigenvalue weighted by molar-refractivity contribution is 0.422. The van der Waals surface area contributed by atoms with Gasteiger partial charge in [-0.05, 0) is 91.6 Å². The van der Waals surface area contributed by atoms with Crippen molar-refractivity contribution in [3.8, 4) is 0 Å². The number of allylic oxidation sites excluding steroid dienone is 2. The van der Waals surface area contributed by atoms with E-state index in [1.165, 1.54) is 22.3 Å². The Kier molecular flexibility index (Phi) is 4.89. The summed E-state index contributed by atoms with van der Waals surface area (Å²) in [7, 11) is -3.62. The minimum Gasteiger partial charge on any atom is -0.378 e. The van der Waals surface area contributed by atoms with E-state index >= 15 is 0 Å². The fourth-order valence-corrected chi connectivity index (χ4v) is 7.92. The van der Waals surface area contributed by atoms with Crippen LogP contribution in [0.4, 0.5) is 11.4 Å². The maximum absolute atomic E-state index is 13.7. The molecule has 0 saturated carbocycles. The van der Waals surface area contributed by atoms with Crippen molar-refractivity contribution in [1.82, 2.24) is 0 Å². The number of nitrogens with zero attached hydrogens (tertiary/aromatic N) is 1. The van der Waals surface area contributed by atoms with E-state index in [9.17, 15) is 8.42 Å². The largest absolute Gasteiger partial charge is 0.378 e. The van der Waals surface area contributed by atoms with Gasteiger partial charge in [-0.3, -0.25) is 4.31 Å². The quantitative estimate of drug-likeness (QED) is 0.464. The molecule has 0 saturated heterocycles. The second kappa shape index (κ2) is 7.74. The van der Waals surface area contributed by atoms with Crippen LogP contribution in [-0.2, 0) is 16.4 Å². The third kappa shape index (κ3) is 3.21. The summed E-state index contributed by atoms with van der Waals surface area (Å²) in [6.45, 7) is 7.05. The standard InChI is InChI=1S/C29H30N2O2S/c1-18-15-19(2)28(20(3)16-18)29-24-9-6-8-23(24)25-17-22(11-12-26(25)30-29)34(32,33)31-14-13-21-7-4-5-10-27(21)31/h4-8,10-12,15-17,23-24,29-30H,9,13-14H2,1-3H3. The molecule has 4 nitrogen and oxygen atoms in total. The summed E-state index contributed by atoms with van der Waals surface area (Å²) >= 11 is 0. The number of fused-ring (bicyclic) bond motifs is 4. The van der Waals surface area contributed by atoms with Crippen molar-refractivity contribution < 1.29 is 8.42 Å². The van der Waals surface area contributed by atoms with Gasteiger partial charge in [0.1, 0.15) is 0 Å². The molecule has 3 aromatic rings. The second-order valence-electron chi connectivity index (χ2n) is 9.99. The highest BCUT2D eigenvalue weighted by molar-refractivity contribution is 7.92. The Morgan fingerprint density at radius 1 is 0.971 bits per heavy atom. The molecule has 1 aliphatic carbocycles. The van der Waals surface area contributed by atoms with Crippen LogP contribution in [0.2, 0.25) is 0 Å². The summed E-state index contributed by atoms with van der Waals surface area (Å²) in [6.07, 6.45) is 6.28. The van der Waals surface area contributed by atoms with Crippen LogP contribution >= 0.6 is 0 Å². The first-order valence-electron chi connectivity index (χ1n) is 12.1. The molecule has 0 amide bonds. The molecule has 0 spiro atoms. The Labute approximate surface area is 202 Å². The number of nitrogens with one attached hydrogen (secondary N) is 1. The van der Waals surface area contributed by atoms with Crippen molar-refractivity contribution in [3.05, 3.63) is 100 Å². The molecule has 3 atom stereocenters. The van der Waals surface area contributed by atoms with Crippen LogP contribution in [-0.4, -0.2) is 15.0 Å². The van der Waals surface area contributed by atoms with Gasteiger partial charge in [0, 0.05) is 18.2 Å². The molecule has 6 rings (SSSR count). The Morgan fingerprint density at radius 3 is 2.53 bits per heavy atom. The number of sulfonamides is 1. The van der Waals surface area contributed by atoms with Gasteiger partial charge in [-0.2, -0.15) is 0 Å². The van der Waals surface area contributed by atoms with Gasteiger partial charge in [-0.15, -0.1) is 0 Å². The smallest absolute Gasteiger partial charge is 0.264 e. The number of rotatable bonds is 3. The summed E-state index contributed by atoms with van der Waals surface area (Å²) in [5.74, 6) is 0.584. The zero-order chi connectivity index (χ0) is 23.6. The lowest BCUT2D eigenvalue weighted by Crippen LogP contribution is -2.32. The number of anilines is 2. The first kappa shape index (κ1) is 21.5. The van der Waals surface area contributed by atoms with Gasteiger partial charge in [0.25, 0.3) is 10.0 Å². The highest BCUT2D eigenvalue weighted by Crippen LogP contribution is 2.51. The normalized spacial score (nSPS) is 22.8. The van der Waals surface area contributed by atoms with E-state index in [1.807, 2.05) is 36.4 Å². The summed E-state index contributed by atoms with van der Waals surface area (Å²) in [5.41, 5.74) is 9.32. The fourth-order valence-electron chi connectivity index (χ4n) is 6.39. The molecular weight excluding hydrogens is 440 g/mol. The average molecular weight is 471 g/mol. The number of hydrogen-bond acceptors (Lipinski definition) is 3.